The number of fused-ring (bicyclic) bond motifs is 2. The van der Waals surface area contributed by atoms with Crippen molar-refractivity contribution in [2.45, 2.75) is 12.5 Å². The summed E-state index contributed by atoms with van der Waals surface area (Å²) in [6.45, 7) is 0.300. The van der Waals surface area contributed by atoms with Gasteiger partial charge in [-0.1, -0.05) is 24.3 Å². The van der Waals surface area contributed by atoms with E-state index >= 15 is 0 Å². The lowest BCUT2D eigenvalue weighted by atomic mass is 9.83. The summed E-state index contributed by atoms with van der Waals surface area (Å²) < 4.78 is 22.4. The summed E-state index contributed by atoms with van der Waals surface area (Å²) in [6.07, 6.45) is 0. The van der Waals surface area contributed by atoms with Crippen LogP contribution in [0.25, 0.3) is 0 Å². The van der Waals surface area contributed by atoms with Gasteiger partial charge in [0.2, 0.25) is 12.7 Å². The van der Waals surface area contributed by atoms with Crippen LogP contribution in [0.4, 0.5) is 5.69 Å². The monoisotopic (exact) mass is 443 g/mol. The van der Waals surface area contributed by atoms with Gasteiger partial charge in [0.25, 0.3) is 5.69 Å². The van der Waals surface area contributed by atoms with Crippen molar-refractivity contribution in [3.8, 4) is 29.1 Å². The van der Waals surface area contributed by atoms with Crippen LogP contribution in [-0.4, -0.2) is 11.7 Å². The van der Waals surface area contributed by atoms with Crippen LogP contribution in [0, 0.1) is 21.4 Å². The van der Waals surface area contributed by atoms with Crippen molar-refractivity contribution in [1.29, 1.82) is 5.26 Å². The lowest BCUT2D eigenvalue weighted by Gasteiger charge is -2.26. The molecule has 0 fully saturated rings. The number of nitrogens with zero attached hydrogens (tertiary/aromatic N) is 2. The number of non-ortho nitro benzene ring substituents is 1. The van der Waals surface area contributed by atoms with Gasteiger partial charge in [-0.3, -0.25) is 10.1 Å². The highest BCUT2D eigenvalue weighted by atomic mass is 16.7. The molecule has 2 aliphatic rings. The molecule has 0 unspecified atom stereocenters. The second-order valence-electron chi connectivity index (χ2n) is 7.45. The predicted molar refractivity (Wildman–Crippen MR) is 116 cm³/mol. The molecular formula is C24H17N3O6. The maximum Gasteiger partial charge on any atom is 0.269 e. The fourth-order valence-electron chi connectivity index (χ4n) is 3.87. The quantitative estimate of drug-likeness (QED) is 0.460. The van der Waals surface area contributed by atoms with E-state index in [-0.39, 0.29) is 25.0 Å². The third-order valence-electron chi connectivity index (χ3n) is 5.45. The number of hydrogen-bond donors (Lipinski definition) is 1. The van der Waals surface area contributed by atoms with Crippen LogP contribution in [0.2, 0.25) is 0 Å². The molecule has 0 aromatic heterocycles. The number of nitriles is 1. The molecule has 0 radical (unpaired) electrons. The van der Waals surface area contributed by atoms with Crippen molar-refractivity contribution in [2.75, 3.05) is 6.79 Å². The largest absolute Gasteiger partial charge is 0.489 e. The molecule has 0 amide bonds. The Morgan fingerprint density at radius 2 is 1.85 bits per heavy atom. The maximum atomic E-state index is 10.9. The van der Waals surface area contributed by atoms with Gasteiger partial charge < -0.3 is 24.7 Å². The smallest absolute Gasteiger partial charge is 0.269 e. The Labute approximate surface area is 188 Å². The van der Waals surface area contributed by atoms with Gasteiger partial charge in [-0.2, -0.15) is 5.26 Å². The number of nitro groups is 1. The van der Waals surface area contributed by atoms with Gasteiger partial charge in [-0.25, -0.2) is 0 Å². The van der Waals surface area contributed by atoms with Crippen molar-refractivity contribution in [3.05, 3.63) is 98.9 Å². The van der Waals surface area contributed by atoms with Crippen molar-refractivity contribution in [2.24, 2.45) is 5.73 Å². The topological polar surface area (TPSA) is 130 Å². The summed E-state index contributed by atoms with van der Waals surface area (Å²) in [6, 6.07) is 19.2. The Bertz CT molecular complexity index is 1330. The summed E-state index contributed by atoms with van der Waals surface area (Å²) in [4.78, 5) is 10.5. The molecule has 2 aliphatic heterocycles. The highest BCUT2D eigenvalue weighted by Gasteiger charge is 2.33. The fraction of sp³-hybridized carbons (Fsp3) is 0.125. The van der Waals surface area contributed by atoms with E-state index in [9.17, 15) is 15.4 Å². The Morgan fingerprint density at radius 3 is 2.58 bits per heavy atom. The molecule has 1 atom stereocenters. The number of ether oxygens (including phenoxy) is 4. The molecule has 9 nitrogen and oxygen atoms in total. The Morgan fingerprint density at radius 1 is 1.09 bits per heavy atom. The molecular weight excluding hydrogens is 426 g/mol. The Balaban J connectivity index is 1.41. The molecule has 2 heterocycles. The molecule has 5 rings (SSSR count). The van der Waals surface area contributed by atoms with Crippen LogP contribution in [0.5, 0.6) is 23.0 Å². The van der Waals surface area contributed by atoms with Crippen LogP contribution in [-0.2, 0) is 6.61 Å². The molecule has 2 N–H and O–H groups in total. The molecule has 33 heavy (non-hydrogen) atoms. The average molecular weight is 443 g/mol. The van der Waals surface area contributed by atoms with E-state index < -0.39 is 10.8 Å². The van der Waals surface area contributed by atoms with Gasteiger partial charge in [0.1, 0.15) is 29.7 Å². The van der Waals surface area contributed by atoms with Crippen molar-refractivity contribution < 1.29 is 23.9 Å². The molecule has 9 heteroatoms. The minimum absolute atomic E-state index is 0.0129. The van der Waals surface area contributed by atoms with Gasteiger partial charge in [0, 0.05) is 23.8 Å². The number of hydrogen-bond acceptors (Lipinski definition) is 8. The number of benzene rings is 3. The van der Waals surface area contributed by atoms with Gasteiger partial charge in [0.05, 0.1) is 10.8 Å². The minimum Gasteiger partial charge on any atom is -0.489 e. The molecule has 0 bridgehead atoms. The van der Waals surface area contributed by atoms with Crippen molar-refractivity contribution in [3.63, 3.8) is 0 Å². The first-order valence-corrected chi connectivity index (χ1v) is 10.0. The number of nitrogens with two attached hydrogens (primary N) is 1. The molecule has 0 spiro atoms. The van der Waals surface area contributed by atoms with E-state index in [2.05, 4.69) is 6.07 Å². The summed E-state index contributed by atoms with van der Waals surface area (Å²) in [5.74, 6) is 1.83. The van der Waals surface area contributed by atoms with Crippen molar-refractivity contribution in [1.82, 2.24) is 0 Å². The van der Waals surface area contributed by atoms with Crippen LogP contribution >= 0.6 is 0 Å². The first kappa shape index (κ1) is 20.2. The number of allylic oxidation sites excluding steroid dienone is 1. The van der Waals surface area contributed by atoms with Gasteiger partial charge in [-0.15, -0.1) is 0 Å². The van der Waals surface area contributed by atoms with Gasteiger partial charge in [0.15, 0.2) is 11.5 Å². The maximum absolute atomic E-state index is 10.9. The lowest BCUT2D eigenvalue weighted by Crippen LogP contribution is -2.21. The first-order chi connectivity index (χ1) is 16.0. The summed E-state index contributed by atoms with van der Waals surface area (Å²) in [5.41, 5.74) is 8.60. The van der Waals surface area contributed by atoms with Crippen LogP contribution < -0.4 is 24.7 Å². The van der Waals surface area contributed by atoms with Crippen molar-refractivity contribution >= 4 is 5.69 Å². The first-order valence-electron chi connectivity index (χ1n) is 10.0. The second-order valence-corrected chi connectivity index (χ2v) is 7.45. The zero-order chi connectivity index (χ0) is 22.9. The fourth-order valence-corrected chi connectivity index (χ4v) is 3.87. The van der Waals surface area contributed by atoms with Gasteiger partial charge >= 0.3 is 0 Å². The van der Waals surface area contributed by atoms with E-state index in [1.165, 1.54) is 12.1 Å². The van der Waals surface area contributed by atoms with Gasteiger partial charge in [-0.05, 0) is 29.3 Å². The minimum atomic E-state index is -0.445. The van der Waals surface area contributed by atoms with E-state index in [4.69, 9.17) is 24.7 Å². The molecule has 0 aliphatic carbocycles. The predicted octanol–water partition coefficient (Wildman–Crippen LogP) is 4.12. The van der Waals surface area contributed by atoms with Crippen LogP contribution in [0.3, 0.4) is 0 Å². The molecule has 164 valence electrons. The zero-order valence-corrected chi connectivity index (χ0v) is 17.2. The molecule has 0 saturated carbocycles. The lowest BCUT2D eigenvalue weighted by molar-refractivity contribution is -0.384. The molecule has 0 saturated heterocycles. The molecule has 3 aromatic carbocycles. The normalized spacial score (nSPS) is 15.9. The standard InChI is InChI=1S/C24H17N3O6/c25-11-19-23(18-9-21-22(32-13-31-21)10-20(18)33-24(19)26)15-4-6-17(7-5-15)30-12-14-2-1-3-16(8-14)27(28)29/h1-10,23H,12-13,26H2/t23-/m1/s1. The third kappa shape index (κ3) is 3.74. The summed E-state index contributed by atoms with van der Waals surface area (Å²) in [5, 5.41) is 20.7. The average Bonchev–Trinajstić information content (AvgIpc) is 3.28. The van der Waals surface area contributed by atoms with E-state index in [0.29, 0.717) is 34.1 Å². The van der Waals surface area contributed by atoms with Crippen LogP contribution in [0.1, 0.15) is 22.6 Å². The van der Waals surface area contributed by atoms with E-state index in [1.807, 2.05) is 12.1 Å². The number of nitro benzene ring substituents is 1. The van der Waals surface area contributed by atoms with E-state index in [0.717, 1.165) is 11.1 Å². The van der Waals surface area contributed by atoms with Crippen LogP contribution in [0.15, 0.2) is 72.1 Å². The zero-order valence-electron chi connectivity index (χ0n) is 17.2. The highest BCUT2D eigenvalue weighted by Crippen LogP contribution is 2.48. The highest BCUT2D eigenvalue weighted by molar-refractivity contribution is 5.61. The third-order valence-corrected chi connectivity index (χ3v) is 5.45. The Kier molecular flexibility index (Phi) is 4.95. The number of rotatable bonds is 5. The van der Waals surface area contributed by atoms with E-state index in [1.54, 1.807) is 36.4 Å². The second kappa shape index (κ2) is 8.09. The Hall–Kier alpha value is -4.71. The summed E-state index contributed by atoms with van der Waals surface area (Å²) in [7, 11) is 0. The summed E-state index contributed by atoms with van der Waals surface area (Å²) >= 11 is 0. The molecule has 3 aromatic rings. The SMILES string of the molecule is N#CC1=C(N)Oc2cc3c(cc2[C@H]1c1ccc(OCc2cccc([N+](=O)[O-])c2)cc1)OCO3.